The number of carbonyl (C=O) groups excluding carboxylic acids is 2. The first-order chi connectivity index (χ1) is 13.7. The molecule has 4 rings (SSSR count). The van der Waals surface area contributed by atoms with Crippen LogP contribution in [0.5, 0.6) is 0 Å². The van der Waals surface area contributed by atoms with Crippen molar-refractivity contribution in [3.05, 3.63) is 71.3 Å². The highest BCUT2D eigenvalue weighted by molar-refractivity contribution is 5.97. The largest absolute Gasteiger partial charge is 0.356 e. The number of fused-ring (bicyclic) bond motifs is 4. The van der Waals surface area contributed by atoms with Crippen LogP contribution in [0.3, 0.4) is 0 Å². The topological polar surface area (TPSA) is 61.4 Å². The normalized spacial score (nSPS) is 23.6. The number of nitrogens with zero attached hydrogens (tertiary/aromatic N) is 1. The second-order valence-electron chi connectivity index (χ2n) is 7.65. The van der Waals surface area contributed by atoms with Crippen molar-refractivity contribution in [2.24, 2.45) is 0 Å². The Labute approximate surface area is 166 Å². The summed E-state index contributed by atoms with van der Waals surface area (Å²) < 4.78 is 0. The zero-order valence-electron chi connectivity index (χ0n) is 16.1. The second kappa shape index (κ2) is 8.57. The van der Waals surface area contributed by atoms with E-state index in [0.717, 1.165) is 42.6 Å². The molecule has 0 saturated carbocycles. The molecule has 2 amide bonds. The van der Waals surface area contributed by atoms with E-state index in [1.165, 1.54) is 0 Å². The van der Waals surface area contributed by atoms with Crippen LogP contribution < -0.4 is 10.6 Å². The van der Waals surface area contributed by atoms with E-state index in [2.05, 4.69) is 28.8 Å². The van der Waals surface area contributed by atoms with Crippen molar-refractivity contribution in [2.75, 3.05) is 26.2 Å². The van der Waals surface area contributed by atoms with E-state index in [1.807, 2.05) is 41.3 Å². The maximum atomic E-state index is 12.8. The van der Waals surface area contributed by atoms with Gasteiger partial charge in [-0.25, -0.2) is 0 Å². The molecule has 28 heavy (non-hydrogen) atoms. The average Bonchev–Trinajstić information content (AvgIpc) is 2.74. The third-order valence-electron chi connectivity index (χ3n) is 5.76. The first-order valence-electron chi connectivity index (χ1n) is 10.2. The Balaban J connectivity index is 1.57. The molecule has 1 fully saturated rings. The van der Waals surface area contributed by atoms with Crippen molar-refractivity contribution in [3.8, 4) is 0 Å². The summed E-state index contributed by atoms with van der Waals surface area (Å²) in [6.07, 6.45) is 2.13. The molecule has 5 nitrogen and oxygen atoms in total. The SMILES string of the molecule is O=C1C[C@H](c2ccccc2)NCC[C@@H]2CN(CCCN1)C(=O)c1ccccc12. The second-order valence-corrected chi connectivity index (χ2v) is 7.65. The van der Waals surface area contributed by atoms with Gasteiger partial charge in [0.1, 0.15) is 0 Å². The van der Waals surface area contributed by atoms with E-state index in [0.29, 0.717) is 25.4 Å². The van der Waals surface area contributed by atoms with E-state index in [9.17, 15) is 9.59 Å². The molecule has 1 saturated heterocycles. The Morgan fingerprint density at radius 1 is 0.929 bits per heavy atom. The molecule has 5 heteroatoms. The van der Waals surface area contributed by atoms with Gasteiger partial charge in [-0.1, -0.05) is 48.5 Å². The quantitative estimate of drug-likeness (QED) is 0.803. The van der Waals surface area contributed by atoms with E-state index in [4.69, 9.17) is 0 Å². The van der Waals surface area contributed by atoms with E-state index in [1.54, 1.807) is 0 Å². The zero-order valence-corrected chi connectivity index (χ0v) is 16.1. The lowest BCUT2D eigenvalue weighted by molar-refractivity contribution is -0.121. The van der Waals surface area contributed by atoms with E-state index < -0.39 is 0 Å². The van der Waals surface area contributed by atoms with Crippen molar-refractivity contribution in [1.29, 1.82) is 0 Å². The van der Waals surface area contributed by atoms with Gasteiger partial charge in [-0.05, 0) is 36.6 Å². The van der Waals surface area contributed by atoms with Gasteiger partial charge in [0, 0.05) is 43.6 Å². The van der Waals surface area contributed by atoms with Crippen LogP contribution in [0.2, 0.25) is 0 Å². The number of amides is 2. The summed E-state index contributed by atoms with van der Waals surface area (Å²) in [5.74, 6) is 0.485. The van der Waals surface area contributed by atoms with Gasteiger partial charge in [0.15, 0.2) is 0 Å². The third-order valence-corrected chi connectivity index (χ3v) is 5.76. The fourth-order valence-electron chi connectivity index (χ4n) is 4.29. The van der Waals surface area contributed by atoms with Gasteiger partial charge < -0.3 is 15.5 Å². The minimum Gasteiger partial charge on any atom is -0.356 e. The molecule has 0 spiro atoms. The first-order valence-corrected chi connectivity index (χ1v) is 10.2. The van der Waals surface area contributed by atoms with Crippen LogP contribution in [-0.4, -0.2) is 42.9 Å². The number of hydrogen-bond donors (Lipinski definition) is 2. The molecule has 2 aromatic rings. The molecule has 2 heterocycles. The summed E-state index contributed by atoms with van der Waals surface area (Å²) in [4.78, 5) is 27.2. The number of carbonyl (C=O) groups is 2. The van der Waals surface area contributed by atoms with Gasteiger partial charge in [0.25, 0.3) is 5.91 Å². The van der Waals surface area contributed by atoms with Gasteiger partial charge in [0.2, 0.25) is 5.91 Å². The summed E-state index contributed by atoms with van der Waals surface area (Å²) in [5.41, 5.74) is 3.12. The molecule has 2 aliphatic heterocycles. The van der Waals surface area contributed by atoms with E-state index >= 15 is 0 Å². The highest BCUT2D eigenvalue weighted by Gasteiger charge is 2.30. The lowest BCUT2D eigenvalue weighted by Gasteiger charge is -2.34. The number of rotatable bonds is 1. The molecule has 0 unspecified atom stereocenters. The fraction of sp³-hybridized carbons (Fsp3) is 0.391. The Bertz CT molecular complexity index is 837. The molecule has 0 radical (unpaired) electrons. The predicted molar refractivity (Wildman–Crippen MR) is 109 cm³/mol. The van der Waals surface area contributed by atoms with Crippen LogP contribution in [0.1, 0.15) is 52.7 Å². The number of hydrogen-bond acceptors (Lipinski definition) is 3. The van der Waals surface area contributed by atoms with Gasteiger partial charge >= 0.3 is 0 Å². The monoisotopic (exact) mass is 377 g/mol. The Hall–Kier alpha value is -2.66. The maximum absolute atomic E-state index is 12.8. The molecule has 0 aliphatic carbocycles. The molecule has 2 N–H and O–H groups in total. The highest BCUT2D eigenvalue weighted by atomic mass is 16.2. The van der Waals surface area contributed by atoms with Crippen molar-refractivity contribution < 1.29 is 9.59 Å². The molecule has 2 aliphatic rings. The average molecular weight is 377 g/mol. The van der Waals surface area contributed by atoms with Gasteiger partial charge in [-0.2, -0.15) is 0 Å². The lowest BCUT2D eigenvalue weighted by atomic mass is 9.87. The van der Waals surface area contributed by atoms with Gasteiger partial charge in [-0.3, -0.25) is 9.59 Å². The van der Waals surface area contributed by atoms with Crippen LogP contribution in [0.25, 0.3) is 0 Å². The van der Waals surface area contributed by atoms with Crippen molar-refractivity contribution >= 4 is 11.8 Å². The summed E-state index contributed by atoms with van der Waals surface area (Å²) in [7, 11) is 0. The minimum atomic E-state index is -0.00137. The molecule has 146 valence electrons. The molecule has 2 aromatic carbocycles. The van der Waals surface area contributed by atoms with Crippen molar-refractivity contribution in [1.82, 2.24) is 15.5 Å². The van der Waals surface area contributed by atoms with Gasteiger partial charge in [-0.15, -0.1) is 0 Å². The summed E-state index contributed by atoms with van der Waals surface area (Å²) in [5, 5.41) is 6.60. The van der Waals surface area contributed by atoms with Crippen LogP contribution in [0.15, 0.2) is 54.6 Å². The van der Waals surface area contributed by atoms with Crippen LogP contribution >= 0.6 is 0 Å². The Kier molecular flexibility index (Phi) is 5.72. The van der Waals surface area contributed by atoms with Crippen molar-refractivity contribution in [2.45, 2.75) is 31.2 Å². The highest BCUT2D eigenvalue weighted by Crippen LogP contribution is 2.31. The first kappa shape index (κ1) is 18.7. The van der Waals surface area contributed by atoms with Crippen LogP contribution in [-0.2, 0) is 4.79 Å². The van der Waals surface area contributed by atoms with E-state index in [-0.39, 0.29) is 17.9 Å². The smallest absolute Gasteiger partial charge is 0.254 e. The molecule has 2 atom stereocenters. The summed E-state index contributed by atoms with van der Waals surface area (Å²) in [6.45, 7) is 2.82. The van der Waals surface area contributed by atoms with Crippen LogP contribution in [0.4, 0.5) is 0 Å². The molecular formula is C23H27N3O2. The standard InChI is InChI=1S/C23H27N3O2/c27-22-15-21(17-7-2-1-3-8-17)24-13-11-18-16-26(14-6-12-25-22)23(28)20-10-5-4-9-19(18)20/h1-5,7-10,18,21,24H,6,11-16H2,(H,25,27)/t18-,21-/m1/s1. The number of benzene rings is 2. The lowest BCUT2D eigenvalue weighted by Crippen LogP contribution is -2.41. The molecular weight excluding hydrogens is 350 g/mol. The third kappa shape index (κ3) is 4.09. The fourth-order valence-corrected chi connectivity index (χ4v) is 4.29. The number of nitrogens with one attached hydrogen (secondary N) is 2. The molecule has 2 bridgehead atoms. The van der Waals surface area contributed by atoms with Crippen molar-refractivity contribution in [3.63, 3.8) is 0 Å². The Morgan fingerprint density at radius 3 is 2.57 bits per heavy atom. The zero-order chi connectivity index (χ0) is 19.3. The maximum Gasteiger partial charge on any atom is 0.254 e. The summed E-state index contributed by atoms with van der Waals surface area (Å²) >= 11 is 0. The Morgan fingerprint density at radius 2 is 1.71 bits per heavy atom. The van der Waals surface area contributed by atoms with Crippen LogP contribution in [0, 0.1) is 0 Å². The molecule has 0 aromatic heterocycles. The minimum absolute atomic E-state index is 0.00137. The summed E-state index contributed by atoms with van der Waals surface area (Å²) in [6, 6.07) is 18.1. The predicted octanol–water partition coefficient (Wildman–Crippen LogP) is 2.86. The van der Waals surface area contributed by atoms with Gasteiger partial charge in [0.05, 0.1) is 0 Å².